The highest BCUT2D eigenvalue weighted by Gasteiger charge is 2.46. The number of rotatable bonds is 4. The molecule has 2 aromatic carbocycles. The van der Waals surface area contributed by atoms with Crippen LogP contribution in [0, 0.1) is 0 Å². The number of aliphatic hydroxyl groups excluding tert-OH is 3. The second kappa shape index (κ2) is 8.13. The van der Waals surface area contributed by atoms with Crippen molar-refractivity contribution < 1.29 is 49.3 Å². The Labute approximate surface area is 178 Å². The van der Waals surface area contributed by atoms with Crippen LogP contribution in [0.15, 0.2) is 51.7 Å². The molecule has 0 saturated carbocycles. The molecule has 4 rings (SSSR count). The second-order valence-electron chi connectivity index (χ2n) is 7.12. The lowest BCUT2D eigenvalue weighted by Crippen LogP contribution is -2.63. The van der Waals surface area contributed by atoms with Crippen LogP contribution in [0.3, 0.4) is 0 Å². The minimum Gasteiger partial charge on any atom is -0.547 e. The molecule has 1 aromatic heterocycles. The van der Waals surface area contributed by atoms with Crippen LogP contribution < -0.4 is 15.3 Å². The number of phenolic OH excluding ortho intramolecular Hbond substituents is 2. The van der Waals surface area contributed by atoms with Crippen LogP contribution in [0.4, 0.5) is 0 Å². The Balaban J connectivity index is 1.77. The Bertz CT molecular complexity index is 1220. The lowest BCUT2D eigenvalue weighted by atomic mass is 9.99. The van der Waals surface area contributed by atoms with E-state index in [2.05, 4.69) is 0 Å². The van der Waals surface area contributed by atoms with E-state index in [0.29, 0.717) is 5.56 Å². The number of carboxylic acids is 1. The molecule has 1 saturated heterocycles. The number of benzene rings is 2. The molecule has 2 heterocycles. The first-order valence-electron chi connectivity index (χ1n) is 9.34. The number of carbonyl (C=O) groups excluding carboxylic acids is 1. The Morgan fingerprint density at radius 2 is 1.69 bits per heavy atom. The molecular weight excluding hydrogens is 428 g/mol. The molecule has 1 aliphatic heterocycles. The Kier molecular flexibility index (Phi) is 5.48. The maximum atomic E-state index is 12.5. The van der Waals surface area contributed by atoms with Gasteiger partial charge in [0.05, 0.1) is 5.97 Å². The first kappa shape index (κ1) is 21.6. The third-order valence-electron chi connectivity index (χ3n) is 5.02. The molecule has 5 atom stereocenters. The molecular formula is C21H17O11-. The largest absolute Gasteiger partial charge is 0.547 e. The van der Waals surface area contributed by atoms with Crippen LogP contribution in [0.2, 0.25) is 0 Å². The van der Waals surface area contributed by atoms with Gasteiger partial charge >= 0.3 is 0 Å². The standard InChI is InChI=1S/C21H18O11/c22-9-6-11(8-4-2-1-3-5-8)30-18-13(9)10(23)7-12(14(18)24)31-21-17(27)15(25)16(26)19(32-21)20(28)29/h1-7,15-17,19,21,23-27H,(H,28,29)/p-1/t15-,16+,17+,19-,21-/m1/s1. The van der Waals surface area contributed by atoms with Crippen LogP contribution in [0.5, 0.6) is 17.2 Å². The highest BCUT2D eigenvalue weighted by molar-refractivity contribution is 5.91. The van der Waals surface area contributed by atoms with Crippen molar-refractivity contribution in [2.75, 3.05) is 0 Å². The summed E-state index contributed by atoms with van der Waals surface area (Å²) in [5.41, 5.74) is -0.584. The number of phenols is 2. The van der Waals surface area contributed by atoms with E-state index in [0.717, 1.165) is 12.1 Å². The highest BCUT2D eigenvalue weighted by Crippen LogP contribution is 2.41. The summed E-state index contributed by atoms with van der Waals surface area (Å²) in [6.07, 6.45) is -9.84. The van der Waals surface area contributed by atoms with E-state index in [1.165, 1.54) is 0 Å². The zero-order chi connectivity index (χ0) is 23.2. The molecule has 0 aliphatic carbocycles. The number of fused-ring (bicyclic) bond motifs is 1. The van der Waals surface area contributed by atoms with Crippen molar-refractivity contribution in [2.24, 2.45) is 0 Å². The van der Waals surface area contributed by atoms with Gasteiger partial charge in [0.15, 0.2) is 16.8 Å². The average Bonchev–Trinajstić information content (AvgIpc) is 2.77. The first-order chi connectivity index (χ1) is 15.2. The van der Waals surface area contributed by atoms with E-state index in [-0.39, 0.29) is 11.1 Å². The van der Waals surface area contributed by atoms with Crippen LogP contribution in [0.1, 0.15) is 0 Å². The third kappa shape index (κ3) is 3.63. The zero-order valence-electron chi connectivity index (χ0n) is 16.1. The smallest absolute Gasteiger partial charge is 0.229 e. The van der Waals surface area contributed by atoms with Crippen molar-refractivity contribution >= 4 is 16.9 Å². The number of ether oxygens (including phenoxy) is 2. The Morgan fingerprint density at radius 1 is 1.00 bits per heavy atom. The summed E-state index contributed by atoms with van der Waals surface area (Å²) >= 11 is 0. The second-order valence-corrected chi connectivity index (χ2v) is 7.12. The lowest BCUT2D eigenvalue weighted by Gasteiger charge is -2.40. The van der Waals surface area contributed by atoms with Gasteiger partial charge in [-0.15, -0.1) is 0 Å². The number of hydrogen-bond acceptors (Lipinski definition) is 11. The fourth-order valence-electron chi connectivity index (χ4n) is 3.38. The number of carbonyl (C=O) groups is 1. The number of aliphatic hydroxyl groups is 3. The van der Waals surface area contributed by atoms with Gasteiger partial charge in [0.1, 0.15) is 41.3 Å². The van der Waals surface area contributed by atoms with Gasteiger partial charge in [0.25, 0.3) is 0 Å². The summed E-state index contributed by atoms with van der Waals surface area (Å²) in [5, 5.41) is 61.4. The minimum absolute atomic E-state index is 0.0828. The van der Waals surface area contributed by atoms with E-state index in [9.17, 15) is 40.2 Å². The fraction of sp³-hybridized carbons (Fsp3) is 0.238. The summed E-state index contributed by atoms with van der Waals surface area (Å²) < 4.78 is 15.8. The van der Waals surface area contributed by atoms with E-state index >= 15 is 0 Å². The van der Waals surface area contributed by atoms with Gasteiger partial charge in [-0.1, -0.05) is 30.3 Å². The van der Waals surface area contributed by atoms with Gasteiger partial charge in [0.2, 0.25) is 12.0 Å². The Morgan fingerprint density at radius 3 is 2.34 bits per heavy atom. The highest BCUT2D eigenvalue weighted by atomic mass is 16.7. The van der Waals surface area contributed by atoms with E-state index in [4.69, 9.17) is 13.9 Å². The fourth-order valence-corrected chi connectivity index (χ4v) is 3.38. The number of aromatic hydroxyl groups is 2. The molecule has 5 N–H and O–H groups in total. The molecule has 0 bridgehead atoms. The molecule has 0 amide bonds. The van der Waals surface area contributed by atoms with Crippen LogP contribution in [-0.4, -0.2) is 62.2 Å². The van der Waals surface area contributed by atoms with Crippen molar-refractivity contribution in [3.05, 3.63) is 52.7 Å². The molecule has 3 aromatic rings. The molecule has 0 unspecified atom stereocenters. The zero-order valence-corrected chi connectivity index (χ0v) is 16.1. The van der Waals surface area contributed by atoms with Crippen molar-refractivity contribution in [1.29, 1.82) is 0 Å². The van der Waals surface area contributed by atoms with Crippen LogP contribution in [-0.2, 0) is 9.53 Å². The Hall–Kier alpha value is -3.64. The SMILES string of the molecule is O=C([O-])[C@@H]1O[C@@H](Oc2cc(O)c3c(=O)cc(-c4ccccc4)oc3c2O)[C@@H](O)[C@H](O)[C@@H]1O. The predicted molar refractivity (Wildman–Crippen MR) is 104 cm³/mol. The van der Waals surface area contributed by atoms with E-state index in [1.807, 2.05) is 0 Å². The normalized spacial score (nSPS) is 25.5. The van der Waals surface area contributed by atoms with Gasteiger partial charge in [-0.05, 0) is 0 Å². The van der Waals surface area contributed by atoms with Crippen molar-refractivity contribution in [3.8, 4) is 28.6 Å². The van der Waals surface area contributed by atoms with Gasteiger partial charge in [0, 0.05) is 17.7 Å². The molecule has 32 heavy (non-hydrogen) atoms. The van der Waals surface area contributed by atoms with Gasteiger partial charge in [-0.3, -0.25) is 4.79 Å². The summed E-state index contributed by atoms with van der Waals surface area (Å²) in [5.74, 6) is -3.73. The summed E-state index contributed by atoms with van der Waals surface area (Å²) in [6, 6.07) is 10.4. The molecule has 0 radical (unpaired) electrons. The van der Waals surface area contributed by atoms with Gasteiger partial charge in [-0.2, -0.15) is 0 Å². The van der Waals surface area contributed by atoms with Crippen molar-refractivity contribution in [3.63, 3.8) is 0 Å². The van der Waals surface area contributed by atoms with Crippen molar-refractivity contribution in [1.82, 2.24) is 0 Å². The average molecular weight is 445 g/mol. The third-order valence-corrected chi connectivity index (χ3v) is 5.02. The van der Waals surface area contributed by atoms with Crippen molar-refractivity contribution in [2.45, 2.75) is 30.7 Å². The molecule has 1 aliphatic rings. The van der Waals surface area contributed by atoms with Gasteiger partial charge < -0.3 is 49.3 Å². The maximum Gasteiger partial charge on any atom is 0.229 e. The summed E-state index contributed by atoms with van der Waals surface area (Å²) in [7, 11) is 0. The van der Waals surface area contributed by atoms with Crippen LogP contribution in [0.25, 0.3) is 22.3 Å². The van der Waals surface area contributed by atoms with Gasteiger partial charge in [-0.25, -0.2) is 0 Å². The number of carboxylic acid groups (broad SMARTS) is 1. The quantitative estimate of drug-likeness (QED) is 0.303. The lowest BCUT2D eigenvalue weighted by molar-refractivity contribution is -0.342. The molecule has 11 nitrogen and oxygen atoms in total. The van der Waals surface area contributed by atoms with E-state index < -0.39 is 64.9 Å². The van der Waals surface area contributed by atoms with E-state index in [1.54, 1.807) is 30.3 Å². The minimum atomic E-state index is -2.04. The topological polar surface area (TPSA) is 190 Å². The predicted octanol–water partition coefficient (Wildman–Crippen LogP) is -1.19. The molecule has 1 fully saturated rings. The summed E-state index contributed by atoms with van der Waals surface area (Å²) in [6.45, 7) is 0. The number of hydrogen-bond donors (Lipinski definition) is 5. The molecule has 168 valence electrons. The first-order valence-corrected chi connectivity index (χ1v) is 9.34. The molecule has 11 heteroatoms. The summed E-state index contributed by atoms with van der Waals surface area (Å²) in [4.78, 5) is 23.7. The monoisotopic (exact) mass is 445 g/mol. The maximum absolute atomic E-state index is 12.5. The number of aliphatic carboxylic acids is 1. The van der Waals surface area contributed by atoms with Crippen LogP contribution >= 0.6 is 0 Å². The molecule has 0 spiro atoms.